The zero-order valence-corrected chi connectivity index (χ0v) is 13.3. The molecule has 0 N–H and O–H groups in total. The van der Waals surface area contributed by atoms with Crippen LogP contribution in [0.4, 0.5) is 0 Å². The molecule has 0 spiro atoms. The van der Waals surface area contributed by atoms with E-state index in [1.165, 1.54) is 0 Å². The predicted octanol–water partition coefficient (Wildman–Crippen LogP) is 2.97. The standard InChI is InChI=1S/C17H16N2O3S/c20-15-6-9-23-17(19(15)10-12-4-7-18-8-5-12)13-2-1-3-14-16(13)22-11-21-14/h1-5,7-8,17H,6,9-11H2. The van der Waals surface area contributed by atoms with Crippen molar-refractivity contribution in [3.8, 4) is 11.5 Å². The molecule has 23 heavy (non-hydrogen) atoms. The zero-order valence-electron chi connectivity index (χ0n) is 12.5. The van der Waals surface area contributed by atoms with Gasteiger partial charge in [-0.2, -0.15) is 0 Å². The Kier molecular flexibility index (Phi) is 3.83. The Labute approximate surface area is 138 Å². The molecule has 4 rings (SSSR count). The highest BCUT2D eigenvalue weighted by atomic mass is 32.2. The number of hydrogen-bond acceptors (Lipinski definition) is 5. The van der Waals surface area contributed by atoms with Crippen LogP contribution in [0.1, 0.15) is 22.9 Å². The second-order valence-electron chi connectivity index (χ2n) is 5.43. The number of carbonyl (C=O) groups is 1. The minimum absolute atomic E-state index is 0.0546. The van der Waals surface area contributed by atoms with Gasteiger partial charge in [0.05, 0.1) is 0 Å². The van der Waals surface area contributed by atoms with E-state index in [0.717, 1.165) is 28.4 Å². The number of hydrogen-bond donors (Lipinski definition) is 0. The van der Waals surface area contributed by atoms with Crippen LogP contribution in [0, 0.1) is 0 Å². The first-order valence-electron chi connectivity index (χ1n) is 7.51. The number of carbonyl (C=O) groups excluding carboxylic acids is 1. The molecule has 1 atom stereocenters. The van der Waals surface area contributed by atoms with Crippen molar-refractivity contribution in [2.24, 2.45) is 0 Å². The fourth-order valence-electron chi connectivity index (χ4n) is 2.88. The smallest absolute Gasteiger partial charge is 0.231 e. The molecule has 6 heteroatoms. The van der Waals surface area contributed by atoms with Crippen molar-refractivity contribution in [1.29, 1.82) is 0 Å². The number of benzene rings is 1. The fourth-order valence-corrected chi connectivity index (χ4v) is 4.14. The lowest BCUT2D eigenvalue weighted by atomic mass is 10.1. The summed E-state index contributed by atoms with van der Waals surface area (Å²) in [4.78, 5) is 18.5. The number of aromatic nitrogens is 1. The molecule has 2 aliphatic rings. The molecule has 1 aromatic heterocycles. The monoisotopic (exact) mass is 328 g/mol. The van der Waals surface area contributed by atoms with E-state index in [1.807, 2.05) is 35.2 Å². The van der Waals surface area contributed by atoms with Crippen molar-refractivity contribution in [2.45, 2.75) is 18.3 Å². The number of pyridine rings is 1. The van der Waals surface area contributed by atoms with Gasteiger partial charge >= 0.3 is 0 Å². The van der Waals surface area contributed by atoms with Gasteiger partial charge in [-0.25, -0.2) is 0 Å². The second kappa shape index (κ2) is 6.12. The molecule has 5 nitrogen and oxygen atoms in total. The molecular formula is C17H16N2O3S. The average Bonchev–Trinajstić information content (AvgIpc) is 3.06. The Morgan fingerprint density at radius 1 is 1.22 bits per heavy atom. The normalized spacial score (nSPS) is 19.9. The number of amides is 1. The molecule has 0 aliphatic carbocycles. The highest BCUT2D eigenvalue weighted by Crippen LogP contribution is 2.46. The summed E-state index contributed by atoms with van der Waals surface area (Å²) in [5.74, 6) is 2.51. The Hall–Kier alpha value is -2.21. The highest BCUT2D eigenvalue weighted by Gasteiger charge is 2.33. The molecule has 0 bridgehead atoms. The van der Waals surface area contributed by atoms with E-state index in [2.05, 4.69) is 4.98 Å². The summed E-state index contributed by atoms with van der Waals surface area (Å²) >= 11 is 1.77. The molecule has 1 saturated heterocycles. The highest BCUT2D eigenvalue weighted by molar-refractivity contribution is 7.99. The van der Waals surface area contributed by atoms with Gasteiger partial charge in [0.2, 0.25) is 12.7 Å². The van der Waals surface area contributed by atoms with Crippen LogP contribution in [0.2, 0.25) is 0 Å². The van der Waals surface area contributed by atoms with Crippen LogP contribution >= 0.6 is 11.8 Å². The molecule has 1 aromatic carbocycles. The maximum atomic E-state index is 12.5. The van der Waals surface area contributed by atoms with Gasteiger partial charge < -0.3 is 14.4 Å². The number of ether oxygens (including phenoxy) is 2. The van der Waals surface area contributed by atoms with Crippen LogP contribution in [0.25, 0.3) is 0 Å². The van der Waals surface area contributed by atoms with Gasteiger partial charge in [-0.3, -0.25) is 9.78 Å². The lowest BCUT2D eigenvalue weighted by Crippen LogP contribution is -2.36. The SMILES string of the molecule is O=C1CCSC(c2cccc3c2OCO3)N1Cc1ccncc1. The molecule has 2 aromatic rings. The van der Waals surface area contributed by atoms with E-state index in [0.29, 0.717) is 13.0 Å². The third-order valence-corrected chi connectivity index (χ3v) is 5.25. The molecule has 2 aliphatic heterocycles. The van der Waals surface area contributed by atoms with Crippen LogP contribution in [-0.4, -0.2) is 28.3 Å². The molecule has 0 radical (unpaired) electrons. The van der Waals surface area contributed by atoms with Gasteiger partial charge in [-0.1, -0.05) is 12.1 Å². The first-order chi connectivity index (χ1) is 11.3. The summed E-state index contributed by atoms with van der Waals surface area (Å²) in [6.45, 7) is 0.811. The number of rotatable bonds is 3. The number of para-hydroxylation sites is 1. The van der Waals surface area contributed by atoms with E-state index in [9.17, 15) is 4.79 Å². The van der Waals surface area contributed by atoms with Gasteiger partial charge in [0, 0.05) is 36.7 Å². The summed E-state index contributed by atoms with van der Waals surface area (Å²) in [5, 5.41) is -0.0546. The predicted molar refractivity (Wildman–Crippen MR) is 87.2 cm³/mol. The maximum Gasteiger partial charge on any atom is 0.231 e. The largest absolute Gasteiger partial charge is 0.454 e. The lowest BCUT2D eigenvalue weighted by molar-refractivity contribution is -0.132. The van der Waals surface area contributed by atoms with Crippen molar-refractivity contribution in [3.63, 3.8) is 0 Å². The Morgan fingerprint density at radius 3 is 2.96 bits per heavy atom. The minimum Gasteiger partial charge on any atom is -0.454 e. The summed E-state index contributed by atoms with van der Waals surface area (Å²) in [6.07, 6.45) is 4.07. The fraction of sp³-hybridized carbons (Fsp3) is 0.294. The van der Waals surface area contributed by atoms with Gasteiger partial charge in [0.15, 0.2) is 11.5 Å². The van der Waals surface area contributed by atoms with Crippen LogP contribution in [0.5, 0.6) is 11.5 Å². The Morgan fingerprint density at radius 2 is 2.09 bits per heavy atom. The number of nitrogens with zero attached hydrogens (tertiary/aromatic N) is 2. The van der Waals surface area contributed by atoms with Crippen LogP contribution in [-0.2, 0) is 11.3 Å². The Bertz CT molecular complexity index is 723. The Balaban J connectivity index is 1.68. The third-order valence-electron chi connectivity index (χ3n) is 3.99. The van der Waals surface area contributed by atoms with Gasteiger partial charge in [0.25, 0.3) is 0 Å². The molecule has 1 unspecified atom stereocenters. The second-order valence-corrected chi connectivity index (χ2v) is 6.62. The summed E-state index contributed by atoms with van der Waals surface area (Å²) in [7, 11) is 0. The lowest BCUT2D eigenvalue weighted by Gasteiger charge is -2.35. The quantitative estimate of drug-likeness (QED) is 0.867. The maximum absolute atomic E-state index is 12.5. The van der Waals surface area contributed by atoms with E-state index >= 15 is 0 Å². The molecule has 1 fully saturated rings. The van der Waals surface area contributed by atoms with Crippen molar-refractivity contribution in [2.75, 3.05) is 12.5 Å². The van der Waals surface area contributed by atoms with Crippen molar-refractivity contribution < 1.29 is 14.3 Å². The van der Waals surface area contributed by atoms with Crippen LogP contribution in [0.3, 0.4) is 0 Å². The average molecular weight is 328 g/mol. The van der Waals surface area contributed by atoms with Crippen molar-refractivity contribution >= 4 is 17.7 Å². The topological polar surface area (TPSA) is 51.7 Å². The molecule has 1 amide bonds. The van der Waals surface area contributed by atoms with E-state index in [1.54, 1.807) is 24.2 Å². The summed E-state index contributed by atoms with van der Waals surface area (Å²) in [6, 6.07) is 9.75. The van der Waals surface area contributed by atoms with E-state index in [4.69, 9.17) is 9.47 Å². The van der Waals surface area contributed by atoms with Crippen molar-refractivity contribution in [3.05, 3.63) is 53.9 Å². The number of thioether (sulfide) groups is 1. The van der Waals surface area contributed by atoms with Gasteiger partial charge in [-0.15, -0.1) is 11.8 Å². The van der Waals surface area contributed by atoms with Crippen LogP contribution in [0.15, 0.2) is 42.7 Å². The summed E-state index contributed by atoms with van der Waals surface area (Å²) in [5.41, 5.74) is 2.08. The molecular weight excluding hydrogens is 312 g/mol. The summed E-state index contributed by atoms with van der Waals surface area (Å²) < 4.78 is 11.1. The first kappa shape index (κ1) is 14.4. The first-order valence-corrected chi connectivity index (χ1v) is 8.56. The molecule has 118 valence electrons. The van der Waals surface area contributed by atoms with E-state index in [-0.39, 0.29) is 18.1 Å². The number of fused-ring (bicyclic) bond motifs is 1. The van der Waals surface area contributed by atoms with Crippen LogP contribution < -0.4 is 9.47 Å². The molecule has 3 heterocycles. The van der Waals surface area contributed by atoms with E-state index < -0.39 is 0 Å². The zero-order chi connectivity index (χ0) is 15.6. The molecule has 0 saturated carbocycles. The third kappa shape index (κ3) is 2.74. The van der Waals surface area contributed by atoms with Gasteiger partial charge in [0.1, 0.15) is 5.37 Å². The minimum atomic E-state index is -0.0546. The van der Waals surface area contributed by atoms with Crippen molar-refractivity contribution in [1.82, 2.24) is 9.88 Å². The van der Waals surface area contributed by atoms with Gasteiger partial charge in [-0.05, 0) is 23.8 Å².